The van der Waals surface area contributed by atoms with Crippen molar-refractivity contribution in [2.24, 2.45) is 0 Å². The lowest BCUT2D eigenvalue weighted by molar-refractivity contribution is 0.0620. The van der Waals surface area contributed by atoms with Crippen LogP contribution in [0.4, 0.5) is 0 Å². The number of hydrogen-bond acceptors (Lipinski definition) is 7. The lowest BCUT2D eigenvalue weighted by atomic mass is 9.91. The zero-order valence-electron chi connectivity index (χ0n) is 20.5. The summed E-state index contributed by atoms with van der Waals surface area (Å²) in [6, 6.07) is 14.6. The van der Waals surface area contributed by atoms with E-state index >= 15 is 0 Å². The third-order valence-electron chi connectivity index (χ3n) is 6.03. The summed E-state index contributed by atoms with van der Waals surface area (Å²) in [6.45, 7) is 1.45. The van der Waals surface area contributed by atoms with Crippen LogP contribution in [0.1, 0.15) is 51.1 Å². The van der Waals surface area contributed by atoms with Crippen LogP contribution in [0.25, 0.3) is 10.8 Å². The first kappa shape index (κ1) is 27.5. The highest BCUT2D eigenvalue weighted by Crippen LogP contribution is 2.32. The number of hydrogen-bond donors (Lipinski definition) is 1. The minimum absolute atomic E-state index is 0.0389. The fourth-order valence-electron chi connectivity index (χ4n) is 4.08. The highest BCUT2D eigenvalue weighted by atomic mass is 32.2. The van der Waals surface area contributed by atoms with Gasteiger partial charge in [0.15, 0.2) is 0 Å². The molecule has 0 spiro atoms. The molecule has 0 atom stereocenters. The van der Waals surface area contributed by atoms with Gasteiger partial charge in [0, 0.05) is 35.0 Å². The summed E-state index contributed by atoms with van der Waals surface area (Å²) in [5.41, 5.74) is 2.08. The molecule has 1 N–H and O–H groups in total. The first-order valence-corrected chi connectivity index (χ1v) is 14.8. The molecular weight excluding hydrogens is 530 g/mol. The van der Waals surface area contributed by atoms with Crippen LogP contribution in [0.3, 0.4) is 0 Å². The molecule has 1 heterocycles. The molecule has 4 rings (SSSR count). The van der Waals surface area contributed by atoms with Crippen molar-refractivity contribution >= 4 is 42.8 Å². The quantitative estimate of drug-likeness (QED) is 0.139. The Kier molecular flexibility index (Phi) is 7.99. The second kappa shape index (κ2) is 11.0. The first-order chi connectivity index (χ1) is 18.0. The minimum atomic E-state index is -4.35. The van der Waals surface area contributed by atoms with Gasteiger partial charge >= 0.3 is 0 Å². The number of unbranched alkanes of at least 4 members (excludes halogenated alkanes) is 2. The van der Waals surface area contributed by atoms with Crippen molar-refractivity contribution in [3.05, 3.63) is 76.9 Å². The first-order valence-electron chi connectivity index (χ1n) is 11.8. The van der Waals surface area contributed by atoms with E-state index in [1.807, 2.05) is 6.92 Å². The van der Waals surface area contributed by atoms with Gasteiger partial charge in [-0.3, -0.25) is 23.2 Å². The molecule has 1 aliphatic heterocycles. The Labute approximate surface area is 221 Å². The van der Waals surface area contributed by atoms with Gasteiger partial charge in [0.2, 0.25) is 0 Å². The maximum atomic E-state index is 12.9. The van der Waals surface area contributed by atoms with E-state index in [2.05, 4.69) is 11.8 Å². The van der Waals surface area contributed by atoms with Crippen LogP contribution in [-0.4, -0.2) is 57.0 Å². The van der Waals surface area contributed by atoms with E-state index in [0.29, 0.717) is 35.6 Å². The fraction of sp³-hybridized carbons (Fsp3) is 0.259. The number of carbonyl (C=O) groups is 2. The van der Waals surface area contributed by atoms with Gasteiger partial charge < -0.3 is 0 Å². The Bertz CT molecular complexity index is 1660. The van der Waals surface area contributed by atoms with Crippen LogP contribution in [0.2, 0.25) is 0 Å². The van der Waals surface area contributed by atoms with E-state index < -0.39 is 44.3 Å². The Morgan fingerprint density at radius 3 is 2.26 bits per heavy atom. The summed E-state index contributed by atoms with van der Waals surface area (Å²) in [5, 5.41) is 1.07. The molecule has 0 saturated heterocycles. The van der Waals surface area contributed by atoms with E-state index in [1.165, 1.54) is 12.1 Å². The molecule has 0 aromatic heterocycles. The van der Waals surface area contributed by atoms with Crippen LogP contribution >= 0.6 is 0 Å². The highest BCUT2D eigenvalue weighted by Gasteiger charge is 2.33. The maximum Gasteiger partial charge on any atom is 0.296 e. The molecule has 3 aromatic carbocycles. The SMILES string of the molecule is Cc1ccc(S(=O)(=O)OCCCCC#Cc2ccc3c4c(cccc24)C(=O)N(CCS(=O)(=O)O)C3=O)cc1. The van der Waals surface area contributed by atoms with Crippen molar-refractivity contribution < 1.29 is 35.2 Å². The summed E-state index contributed by atoms with van der Waals surface area (Å²) in [7, 11) is -8.15. The van der Waals surface area contributed by atoms with Gasteiger partial charge in [0.05, 0.1) is 17.3 Å². The summed E-state index contributed by atoms with van der Waals surface area (Å²) < 4.78 is 60.8. The van der Waals surface area contributed by atoms with Crippen LogP contribution in [0.15, 0.2) is 59.5 Å². The van der Waals surface area contributed by atoms with Crippen molar-refractivity contribution in [2.45, 2.75) is 31.1 Å². The summed E-state index contributed by atoms with van der Waals surface area (Å²) >= 11 is 0. The fourth-order valence-corrected chi connectivity index (χ4v) is 5.44. The Balaban J connectivity index is 1.41. The molecule has 2 amide bonds. The molecule has 3 aromatic rings. The molecule has 1 aliphatic rings. The van der Waals surface area contributed by atoms with Crippen molar-refractivity contribution in [1.82, 2.24) is 4.90 Å². The molecule has 38 heavy (non-hydrogen) atoms. The van der Waals surface area contributed by atoms with Gasteiger partial charge in [-0.1, -0.05) is 41.7 Å². The van der Waals surface area contributed by atoms with Gasteiger partial charge in [0.1, 0.15) is 0 Å². The number of rotatable bonds is 9. The molecule has 0 aliphatic carbocycles. The lowest BCUT2D eigenvalue weighted by Gasteiger charge is -2.27. The van der Waals surface area contributed by atoms with Crippen molar-refractivity contribution in [3.63, 3.8) is 0 Å². The Morgan fingerprint density at radius 1 is 0.895 bits per heavy atom. The third-order valence-corrected chi connectivity index (χ3v) is 8.06. The standard InChI is InChI=1S/C27H25NO8S2/c1-19-10-13-21(14-11-19)38(34,35)36-17-5-3-2-4-7-20-12-15-24-25-22(20)8-6-9-23(25)26(29)28(27(24)30)16-18-37(31,32)33/h6,8-15H,2-3,5,16-18H2,1H3,(H,31,32,33). The Morgan fingerprint density at radius 2 is 1.58 bits per heavy atom. The predicted octanol–water partition coefficient (Wildman–Crippen LogP) is 3.56. The van der Waals surface area contributed by atoms with E-state index in [1.54, 1.807) is 42.5 Å². The molecule has 0 fully saturated rings. The maximum absolute atomic E-state index is 12.9. The smallest absolute Gasteiger partial charge is 0.285 e. The summed E-state index contributed by atoms with van der Waals surface area (Å²) in [4.78, 5) is 26.8. The second-order valence-electron chi connectivity index (χ2n) is 8.78. The van der Waals surface area contributed by atoms with Gasteiger partial charge in [-0.15, -0.1) is 0 Å². The number of amides is 2. The minimum Gasteiger partial charge on any atom is -0.285 e. The molecular formula is C27H25NO8S2. The normalized spacial score (nSPS) is 13.5. The Hall–Kier alpha value is -3.56. The van der Waals surface area contributed by atoms with E-state index in [-0.39, 0.29) is 22.6 Å². The van der Waals surface area contributed by atoms with E-state index in [4.69, 9.17) is 8.74 Å². The highest BCUT2D eigenvalue weighted by molar-refractivity contribution is 7.86. The molecule has 0 saturated carbocycles. The monoisotopic (exact) mass is 555 g/mol. The summed E-state index contributed by atoms with van der Waals surface area (Å²) in [5.74, 6) is 4.08. The van der Waals surface area contributed by atoms with Crippen LogP contribution < -0.4 is 0 Å². The number of imide groups is 1. The second-order valence-corrected chi connectivity index (χ2v) is 12.0. The zero-order chi connectivity index (χ0) is 27.5. The van der Waals surface area contributed by atoms with Crippen LogP contribution in [0, 0.1) is 18.8 Å². The number of aryl methyl sites for hydroxylation is 1. The third kappa shape index (κ3) is 6.11. The topological polar surface area (TPSA) is 135 Å². The number of nitrogens with zero attached hydrogens (tertiary/aromatic N) is 1. The molecule has 0 radical (unpaired) electrons. The zero-order valence-corrected chi connectivity index (χ0v) is 22.1. The van der Waals surface area contributed by atoms with Crippen LogP contribution in [0.5, 0.6) is 0 Å². The molecule has 0 unspecified atom stereocenters. The van der Waals surface area contributed by atoms with Gasteiger partial charge in [-0.2, -0.15) is 16.8 Å². The van der Waals surface area contributed by atoms with E-state index in [0.717, 1.165) is 10.5 Å². The predicted molar refractivity (Wildman–Crippen MR) is 141 cm³/mol. The lowest BCUT2D eigenvalue weighted by Crippen LogP contribution is -2.42. The molecule has 11 heteroatoms. The van der Waals surface area contributed by atoms with Crippen molar-refractivity contribution in [3.8, 4) is 11.8 Å². The largest absolute Gasteiger partial charge is 0.296 e. The van der Waals surface area contributed by atoms with Crippen LogP contribution in [-0.2, 0) is 24.4 Å². The van der Waals surface area contributed by atoms with Gasteiger partial charge in [-0.25, -0.2) is 0 Å². The van der Waals surface area contributed by atoms with E-state index in [9.17, 15) is 26.4 Å². The number of carbonyl (C=O) groups excluding carboxylic acids is 2. The average molecular weight is 556 g/mol. The van der Waals surface area contributed by atoms with Crippen molar-refractivity contribution in [2.75, 3.05) is 18.9 Å². The molecule has 198 valence electrons. The van der Waals surface area contributed by atoms with Gasteiger partial charge in [0.25, 0.3) is 32.1 Å². The molecule has 9 nitrogen and oxygen atoms in total. The van der Waals surface area contributed by atoms with Crippen molar-refractivity contribution in [1.29, 1.82) is 0 Å². The average Bonchev–Trinajstić information content (AvgIpc) is 2.86. The van der Waals surface area contributed by atoms with Gasteiger partial charge in [-0.05, 0) is 55.5 Å². The number of benzene rings is 3. The summed E-state index contributed by atoms with van der Waals surface area (Å²) in [6.07, 6.45) is 1.58. The molecule has 0 bridgehead atoms.